The van der Waals surface area contributed by atoms with E-state index in [2.05, 4.69) is 38.7 Å². The fourth-order valence-electron chi connectivity index (χ4n) is 3.63. The SMILES string of the molecule is CCCCNC(=NCc1nnc(C)n1C)NC1CCCN(c2ccccc2C#N)C1. The number of aromatic nitrogens is 3. The third kappa shape index (κ3) is 5.50. The monoisotopic (exact) mass is 408 g/mol. The van der Waals surface area contributed by atoms with Gasteiger partial charge in [0.15, 0.2) is 11.8 Å². The van der Waals surface area contributed by atoms with Gasteiger partial charge in [0, 0.05) is 32.7 Å². The van der Waals surface area contributed by atoms with Gasteiger partial charge in [0.25, 0.3) is 0 Å². The second-order valence-corrected chi connectivity index (χ2v) is 7.73. The first-order valence-electron chi connectivity index (χ1n) is 10.8. The Bertz CT molecular complexity index is 895. The van der Waals surface area contributed by atoms with Gasteiger partial charge < -0.3 is 20.1 Å². The molecule has 0 saturated carbocycles. The molecule has 30 heavy (non-hydrogen) atoms. The third-order valence-electron chi connectivity index (χ3n) is 5.51. The van der Waals surface area contributed by atoms with E-state index in [9.17, 15) is 5.26 Å². The van der Waals surface area contributed by atoms with E-state index in [0.29, 0.717) is 6.54 Å². The number of nitriles is 1. The number of piperidine rings is 1. The average Bonchev–Trinajstić information content (AvgIpc) is 3.10. The van der Waals surface area contributed by atoms with Crippen molar-refractivity contribution in [2.45, 2.75) is 52.1 Å². The Hall–Kier alpha value is -3.08. The predicted molar refractivity (Wildman–Crippen MR) is 119 cm³/mol. The molecule has 3 rings (SSSR count). The molecule has 160 valence electrons. The molecule has 0 aliphatic carbocycles. The largest absolute Gasteiger partial charge is 0.368 e. The van der Waals surface area contributed by atoms with Crippen molar-refractivity contribution >= 4 is 11.6 Å². The summed E-state index contributed by atoms with van der Waals surface area (Å²) in [7, 11) is 1.96. The number of benzene rings is 1. The minimum atomic E-state index is 0.264. The Morgan fingerprint density at radius 3 is 2.90 bits per heavy atom. The van der Waals surface area contributed by atoms with Crippen LogP contribution in [0.15, 0.2) is 29.3 Å². The number of unbranched alkanes of at least 4 members (excludes halogenated alkanes) is 1. The average molecular weight is 409 g/mol. The molecular formula is C22H32N8. The van der Waals surface area contributed by atoms with Crippen molar-refractivity contribution < 1.29 is 0 Å². The molecule has 2 N–H and O–H groups in total. The zero-order valence-corrected chi connectivity index (χ0v) is 18.2. The van der Waals surface area contributed by atoms with Crippen LogP contribution in [0.25, 0.3) is 0 Å². The number of nitrogens with one attached hydrogen (secondary N) is 2. The first-order valence-corrected chi connectivity index (χ1v) is 10.8. The van der Waals surface area contributed by atoms with Crippen LogP contribution in [0.2, 0.25) is 0 Å². The predicted octanol–water partition coefficient (Wildman–Crippen LogP) is 2.50. The highest BCUT2D eigenvalue weighted by atomic mass is 15.3. The van der Waals surface area contributed by atoms with Gasteiger partial charge in [-0.1, -0.05) is 25.5 Å². The Kier molecular flexibility index (Phi) is 7.66. The summed E-state index contributed by atoms with van der Waals surface area (Å²) in [5.41, 5.74) is 1.74. The van der Waals surface area contributed by atoms with E-state index in [1.807, 2.05) is 42.8 Å². The van der Waals surface area contributed by atoms with Gasteiger partial charge in [0.05, 0.1) is 11.3 Å². The maximum absolute atomic E-state index is 9.45. The van der Waals surface area contributed by atoms with Crippen LogP contribution in [0.1, 0.15) is 49.8 Å². The molecule has 1 aliphatic heterocycles. The summed E-state index contributed by atoms with van der Waals surface area (Å²) in [5, 5.41) is 24.8. The third-order valence-corrected chi connectivity index (χ3v) is 5.51. The van der Waals surface area contributed by atoms with E-state index < -0.39 is 0 Å². The fraction of sp³-hybridized carbons (Fsp3) is 0.545. The summed E-state index contributed by atoms with van der Waals surface area (Å²) in [6.45, 7) is 7.29. The molecule has 1 saturated heterocycles. The molecule has 8 nitrogen and oxygen atoms in total. The van der Waals surface area contributed by atoms with E-state index in [1.54, 1.807) is 0 Å². The summed E-state index contributed by atoms with van der Waals surface area (Å²) >= 11 is 0. The van der Waals surface area contributed by atoms with E-state index in [-0.39, 0.29) is 6.04 Å². The molecular weight excluding hydrogens is 376 g/mol. The highest BCUT2D eigenvalue weighted by molar-refractivity contribution is 5.80. The minimum Gasteiger partial charge on any atom is -0.368 e. The summed E-state index contributed by atoms with van der Waals surface area (Å²) in [4.78, 5) is 7.07. The lowest BCUT2D eigenvalue weighted by atomic mass is 10.0. The smallest absolute Gasteiger partial charge is 0.191 e. The lowest BCUT2D eigenvalue weighted by molar-refractivity contribution is 0.467. The van der Waals surface area contributed by atoms with Crippen molar-refractivity contribution in [1.82, 2.24) is 25.4 Å². The molecule has 1 aromatic heterocycles. The number of aliphatic imine (C=N–C) groups is 1. The molecule has 1 aromatic carbocycles. The van der Waals surface area contributed by atoms with Crippen molar-refractivity contribution in [2.24, 2.45) is 12.0 Å². The van der Waals surface area contributed by atoms with Crippen molar-refractivity contribution in [3.63, 3.8) is 0 Å². The Morgan fingerprint density at radius 1 is 1.33 bits per heavy atom. The van der Waals surface area contributed by atoms with Crippen molar-refractivity contribution in [3.05, 3.63) is 41.5 Å². The Balaban J connectivity index is 1.69. The molecule has 1 fully saturated rings. The minimum absolute atomic E-state index is 0.264. The number of para-hydroxylation sites is 1. The molecule has 0 amide bonds. The molecule has 0 bridgehead atoms. The second-order valence-electron chi connectivity index (χ2n) is 7.73. The summed E-state index contributed by atoms with van der Waals surface area (Å²) < 4.78 is 1.97. The number of nitrogens with zero attached hydrogens (tertiary/aromatic N) is 6. The number of guanidine groups is 1. The number of hydrogen-bond donors (Lipinski definition) is 2. The highest BCUT2D eigenvalue weighted by Crippen LogP contribution is 2.23. The normalized spacial score (nSPS) is 16.9. The van der Waals surface area contributed by atoms with E-state index >= 15 is 0 Å². The Labute approximate surface area is 179 Å². The van der Waals surface area contributed by atoms with Gasteiger partial charge in [-0.3, -0.25) is 0 Å². The van der Waals surface area contributed by atoms with Gasteiger partial charge in [0.2, 0.25) is 0 Å². The number of anilines is 1. The molecule has 1 unspecified atom stereocenters. The molecule has 0 radical (unpaired) electrons. The van der Waals surface area contributed by atoms with Crippen LogP contribution in [0.3, 0.4) is 0 Å². The van der Waals surface area contributed by atoms with Gasteiger partial charge in [-0.2, -0.15) is 5.26 Å². The quantitative estimate of drug-likeness (QED) is 0.415. The number of rotatable bonds is 7. The van der Waals surface area contributed by atoms with Gasteiger partial charge >= 0.3 is 0 Å². The van der Waals surface area contributed by atoms with E-state index in [4.69, 9.17) is 4.99 Å². The maximum Gasteiger partial charge on any atom is 0.191 e. The van der Waals surface area contributed by atoms with Crippen LogP contribution in [-0.2, 0) is 13.6 Å². The van der Waals surface area contributed by atoms with E-state index in [1.165, 1.54) is 0 Å². The lowest BCUT2D eigenvalue weighted by Gasteiger charge is -2.35. The lowest BCUT2D eigenvalue weighted by Crippen LogP contribution is -2.51. The van der Waals surface area contributed by atoms with Gasteiger partial charge in [-0.05, 0) is 38.3 Å². The van der Waals surface area contributed by atoms with Crippen LogP contribution in [0.4, 0.5) is 5.69 Å². The highest BCUT2D eigenvalue weighted by Gasteiger charge is 2.22. The molecule has 8 heteroatoms. The maximum atomic E-state index is 9.45. The molecule has 1 atom stereocenters. The first kappa shape index (κ1) is 21.6. The number of hydrogen-bond acceptors (Lipinski definition) is 5. The summed E-state index contributed by atoms with van der Waals surface area (Å²) in [6, 6.07) is 10.4. The zero-order valence-electron chi connectivity index (χ0n) is 18.2. The first-order chi connectivity index (χ1) is 14.6. The van der Waals surface area contributed by atoms with Crippen LogP contribution >= 0.6 is 0 Å². The number of aryl methyl sites for hydroxylation is 1. The second kappa shape index (κ2) is 10.6. The van der Waals surface area contributed by atoms with Crippen LogP contribution in [-0.4, -0.2) is 46.4 Å². The van der Waals surface area contributed by atoms with Crippen LogP contribution in [0, 0.1) is 18.3 Å². The topological polar surface area (TPSA) is 94.2 Å². The Morgan fingerprint density at radius 2 is 2.17 bits per heavy atom. The molecule has 2 heterocycles. The van der Waals surface area contributed by atoms with Gasteiger partial charge in [0.1, 0.15) is 18.4 Å². The molecule has 0 spiro atoms. The fourth-order valence-corrected chi connectivity index (χ4v) is 3.63. The zero-order chi connectivity index (χ0) is 21.3. The van der Waals surface area contributed by atoms with Crippen molar-refractivity contribution in [3.8, 4) is 6.07 Å². The standard InChI is InChI=1S/C22H32N8/c1-4-5-12-24-22(25-15-21-28-27-17(2)29(21)3)26-19-10-8-13-30(16-19)20-11-7-6-9-18(20)14-23/h6-7,9,11,19H,4-5,8,10,12-13,15-16H2,1-3H3,(H2,24,25,26). The molecule has 1 aliphatic rings. The van der Waals surface area contributed by atoms with Crippen molar-refractivity contribution in [1.29, 1.82) is 5.26 Å². The van der Waals surface area contributed by atoms with Crippen LogP contribution in [0.5, 0.6) is 0 Å². The van der Waals surface area contributed by atoms with Gasteiger partial charge in [-0.25, -0.2) is 4.99 Å². The van der Waals surface area contributed by atoms with Crippen molar-refractivity contribution in [2.75, 3.05) is 24.5 Å². The van der Waals surface area contributed by atoms with Gasteiger partial charge in [-0.15, -0.1) is 10.2 Å². The summed E-state index contributed by atoms with van der Waals surface area (Å²) in [6.07, 6.45) is 4.37. The van der Waals surface area contributed by atoms with E-state index in [0.717, 1.165) is 74.2 Å². The van der Waals surface area contributed by atoms with Crippen LogP contribution < -0.4 is 15.5 Å². The summed E-state index contributed by atoms with van der Waals surface area (Å²) in [5.74, 6) is 2.54. The molecule has 2 aromatic rings.